The van der Waals surface area contributed by atoms with Crippen molar-refractivity contribution in [1.82, 2.24) is 9.47 Å². The number of Topliss-reactive ketones (excluding diaryl/α,β-unsaturated/α-hetero) is 1. The maximum atomic E-state index is 12.6. The maximum Gasteiger partial charge on any atom is 0.308 e. The van der Waals surface area contributed by atoms with E-state index in [1.54, 1.807) is 35.7 Å². The number of aryl methyl sites for hydroxylation is 1. The molecule has 0 aromatic carbocycles. The Morgan fingerprint density at radius 1 is 1.43 bits per heavy atom. The zero-order valence-corrected chi connectivity index (χ0v) is 12.5. The quantitative estimate of drug-likeness (QED) is 0.807. The summed E-state index contributed by atoms with van der Waals surface area (Å²) in [5.74, 6) is -1.83. The summed E-state index contributed by atoms with van der Waals surface area (Å²) in [6, 6.07) is 1.70. The van der Waals surface area contributed by atoms with Crippen LogP contribution in [0.2, 0.25) is 0 Å². The van der Waals surface area contributed by atoms with Gasteiger partial charge in [0.05, 0.1) is 5.92 Å². The van der Waals surface area contributed by atoms with Crippen LogP contribution >= 0.6 is 0 Å². The molecule has 0 bridgehead atoms. The third-order valence-electron chi connectivity index (χ3n) is 3.77. The average Bonchev–Trinajstić information content (AvgIpc) is 3.16. The Bertz CT molecular complexity index is 586. The highest BCUT2D eigenvalue weighted by atomic mass is 16.4. The molecule has 1 aromatic rings. The van der Waals surface area contributed by atoms with Gasteiger partial charge in [0, 0.05) is 31.4 Å². The second kappa shape index (κ2) is 5.71. The molecule has 1 amide bonds. The van der Waals surface area contributed by atoms with E-state index in [-0.39, 0.29) is 24.3 Å². The molecule has 6 nitrogen and oxygen atoms in total. The van der Waals surface area contributed by atoms with Gasteiger partial charge in [0.1, 0.15) is 5.69 Å². The highest BCUT2D eigenvalue weighted by Gasteiger charge is 2.35. The first kappa shape index (κ1) is 15.3. The zero-order valence-electron chi connectivity index (χ0n) is 12.5. The van der Waals surface area contributed by atoms with Crippen LogP contribution in [0, 0.1) is 5.92 Å². The summed E-state index contributed by atoms with van der Waals surface area (Å²) in [5.41, 5.74) is 0.910. The van der Waals surface area contributed by atoms with E-state index in [0.29, 0.717) is 11.3 Å². The van der Waals surface area contributed by atoms with Crippen LogP contribution in [0.5, 0.6) is 0 Å². The highest BCUT2D eigenvalue weighted by molar-refractivity contribution is 5.99. The van der Waals surface area contributed by atoms with E-state index in [9.17, 15) is 14.4 Å². The summed E-state index contributed by atoms with van der Waals surface area (Å²) in [6.45, 7) is 3.24. The van der Waals surface area contributed by atoms with Gasteiger partial charge in [-0.05, 0) is 25.8 Å². The predicted octanol–water partition coefficient (Wildman–Crippen LogP) is 1.55. The molecule has 1 aliphatic carbocycles. The summed E-state index contributed by atoms with van der Waals surface area (Å²) in [7, 11) is 1.71. The lowest BCUT2D eigenvalue weighted by Crippen LogP contribution is -2.39. The number of amides is 1. The van der Waals surface area contributed by atoms with Gasteiger partial charge in [-0.1, -0.05) is 6.92 Å². The van der Waals surface area contributed by atoms with Gasteiger partial charge in [-0.15, -0.1) is 0 Å². The molecule has 1 saturated carbocycles. The van der Waals surface area contributed by atoms with Crippen molar-refractivity contribution < 1.29 is 19.5 Å². The van der Waals surface area contributed by atoms with Crippen LogP contribution in [-0.4, -0.2) is 44.8 Å². The van der Waals surface area contributed by atoms with Gasteiger partial charge in [-0.25, -0.2) is 0 Å². The molecule has 114 valence electrons. The van der Waals surface area contributed by atoms with Crippen molar-refractivity contribution >= 4 is 17.7 Å². The van der Waals surface area contributed by atoms with Crippen LogP contribution in [0.4, 0.5) is 0 Å². The molecule has 0 radical (unpaired) electrons. The maximum absolute atomic E-state index is 12.6. The number of ketones is 1. The zero-order chi connectivity index (χ0) is 15.7. The first-order valence-electron chi connectivity index (χ1n) is 7.02. The number of rotatable bonds is 6. The van der Waals surface area contributed by atoms with Crippen molar-refractivity contribution in [2.75, 3.05) is 6.54 Å². The molecule has 1 aliphatic rings. The fourth-order valence-electron chi connectivity index (χ4n) is 2.27. The molecule has 0 aliphatic heterocycles. The van der Waals surface area contributed by atoms with Gasteiger partial charge < -0.3 is 14.6 Å². The Morgan fingerprint density at radius 3 is 2.48 bits per heavy atom. The van der Waals surface area contributed by atoms with Crippen molar-refractivity contribution in [3.63, 3.8) is 0 Å². The number of carbonyl (C=O) groups is 3. The topological polar surface area (TPSA) is 79.6 Å². The molecule has 1 atom stereocenters. The van der Waals surface area contributed by atoms with E-state index in [0.717, 1.165) is 12.8 Å². The Balaban J connectivity index is 2.22. The molecular formula is C15H20N2O4. The van der Waals surface area contributed by atoms with Gasteiger partial charge in [0.15, 0.2) is 5.78 Å². The van der Waals surface area contributed by atoms with Gasteiger partial charge in [0.25, 0.3) is 5.91 Å². The Morgan fingerprint density at radius 2 is 2.05 bits per heavy atom. The van der Waals surface area contributed by atoms with Gasteiger partial charge in [-0.3, -0.25) is 14.4 Å². The lowest BCUT2D eigenvalue weighted by atomic mass is 10.1. The monoisotopic (exact) mass is 292 g/mol. The van der Waals surface area contributed by atoms with Crippen LogP contribution in [-0.2, 0) is 11.8 Å². The lowest BCUT2D eigenvalue weighted by molar-refractivity contribution is -0.141. The van der Waals surface area contributed by atoms with E-state index < -0.39 is 11.9 Å². The summed E-state index contributed by atoms with van der Waals surface area (Å²) >= 11 is 0. The molecule has 0 spiro atoms. The van der Waals surface area contributed by atoms with Crippen molar-refractivity contribution in [3.8, 4) is 0 Å². The minimum Gasteiger partial charge on any atom is -0.481 e. The summed E-state index contributed by atoms with van der Waals surface area (Å²) in [5, 5.41) is 9.03. The van der Waals surface area contributed by atoms with Crippen molar-refractivity contribution in [3.05, 3.63) is 23.5 Å². The normalized spacial score (nSPS) is 15.6. The SMILES string of the molecule is CC(=O)c1cc(C(=O)N(CC(C)C(=O)O)C2CC2)n(C)c1. The summed E-state index contributed by atoms with van der Waals surface area (Å²) < 4.78 is 1.62. The van der Waals surface area contributed by atoms with Crippen LogP contribution in [0.1, 0.15) is 47.5 Å². The minimum atomic E-state index is -0.912. The fraction of sp³-hybridized carbons (Fsp3) is 0.533. The Hall–Kier alpha value is -2.11. The molecule has 1 N–H and O–H groups in total. The number of aromatic nitrogens is 1. The molecular weight excluding hydrogens is 272 g/mol. The van der Waals surface area contributed by atoms with Crippen LogP contribution in [0.15, 0.2) is 12.3 Å². The number of hydrogen-bond acceptors (Lipinski definition) is 3. The van der Waals surface area contributed by atoms with Crippen LogP contribution in [0.25, 0.3) is 0 Å². The Kier molecular flexibility index (Phi) is 4.16. The largest absolute Gasteiger partial charge is 0.481 e. The lowest BCUT2D eigenvalue weighted by Gasteiger charge is -2.24. The van der Waals surface area contributed by atoms with E-state index in [2.05, 4.69) is 0 Å². The average molecular weight is 292 g/mol. The first-order chi connectivity index (χ1) is 9.81. The Labute approximate surface area is 123 Å². The third-order valence-corrected chi connectivity index (χ3v) is 3.77. The number of nitrogens with zero attached hydrogens (tertiary/aromatic N) is 2. The molecule has 1 heterocycles. The van der Waals surface area contributed by atoms with Gasteiger partial charge >= 0.3 is 5.97 Å². The van der Waals surface area contributed by atoms with Crippen molar-refractivity contribution in [2.45, 2.75) is 32.7 Å². The molecule has 2 rings (SSSR count). The predicted molar refractivity (Wildman–Crippen MR) is 76.3 cm³/mol. The molecule has 1 fully saturated rings. The van der Waals surface area contributed by atoms with Crippen LogP contribution in [0.3, 0.4) is 0 Å². The van der Waals surface area contributed by atoms with E-state index in [1.165, 1.54) is 6.92 Å². The van der Waals surface area contributed by atoms with Crippen molar-refractivity contribution in [2.24, 2.45) is 13.0 Å². The molecule has 1 aromatic heterocycles. The second-order valence-corrected chi connectivity index (χ2v) is 5.71. The summed E-state index contributed by atoms with van der Waals surface area (Å²) in [6.07, 6.45) is 3.44. The highest BCUT2D eigenvalue weighted by Crippen LogP contribution is 2.29. The van der Waals surface area contributed by atoms with Crippen molar-refractivity contribution in [1.29, 1.82) is 0 Å². The summed E-state index contributed by atoms with van der Waals surface area (Å²) in [4.78, 5) is 36.7. The van der Waals surface area contributed by atoms with Gasteiger partial charge in [0.2, 0.25) is 0 Å². The molecule has 21 heavy (non-hydrogen) atoms. The molecule has 1 unspecified atom stereocenters. The number of carboxylic acids is 1. The standard InChI is InChI=1S/C15H20N2O4/c1-9(15(20)21)7-17(12-4-5-12)14(19)13-6-11(10(2)18)8-16(13)3/h6,8-9,12H,4-5,7H2,1-3H3,(H,20,21). The molecule has 0 saturated heterocycles. The number of carbonyl (C=O) groups excluding carboxylic acids is 2. The number of carboxylic acid groups (broad SMARTS) is 1. The fourth-order valence-corrected chi connectivity index (χ4v) is 2.27. The third kappa shape index (κ3) is 3.32. The number of aliphatic carboxylic acids is 1. The van der Waals surface area contributed by atoms with Gasteiger partial charge in [-0.2, -0.15) is 0 Å². The minimum absolute atomic E-state index is 0.0958. The smallest absolute Gasteiger partial charge is 0.308 e. The van der Waals surface area contributed by atoms with E-state index in [4.69, 9.17) is 5.11 Å². The number of hydrogen-bond donors (Lipinski definition) is 1. The van der Waals surface area contributed by atoms with E-state index in [1.807, 2.05) is 0 Å². The van der Waals surface area contributed by atoms with E-state index >= 15 is 0 Å². The van der Waals surface area contributed by atoms with Crippen LogP contribution < -0.4 is 0 Å². The first-order valence-corrected chi connectivity index (χ1v) is 7.02. The second-order valence-electron chi connectivity index (χ2n) is 5.71. The molecule has 6 heteroatoms.